The van der Waals surface area contributed by atoms with Crippen molar-refractivity contribution in [1.29, 1.82) is 0 Å². The van der Waals surface area contributed by atoms with E-state index in [0.29, 0.717) is 5.56 Å². The minimum absolute atomic E-state index is 0.0266. The lowest BCUT2D eigenvalue weighted by Gasteiger charge is -2.22. The van der Waals surface area contributed by atoms with Gasteiger partial charge in [0.25, 0.3) is 5.91 Å². The molecule has 1 aliphatic rings. The lowest BCUT2D eigenvalue weighted by molar-refractivity contribution is 0.0981. The normalized spacial score (nSPS) is 17.9. The summed E-state index contributed by atoms with van der Waals surface area (Å²) in [5.41, 5.74) is 3.73. The fourth-order valence-electron chi connectivity index (χ4n) is 2.57. The number of hydrogen-bond acceptors (Lipinski definition) is 2. The number of aromatic nitrogens is 2. The summed E-state index contributed by atoms with van der Waals surface area (Å²) in [5.74, 6) is 0.0266. The Bertz CT molecular complexity index is 603. The van der Waals surface area contributed by atoms with Gasteiger partial charge in [-0.3, -0.25) is 9.89 Å². The summed E-state index contributed by atoms with van der Waals surface area (Å²) in [6.45, 7) is 3.94. The first-order valence-corrected chi connectivity index (χ1v) is 6.10. The molecule has 4 nitrogen and oxygen atoms in total. The van der Waals surface area contributed by atoms with Crippen LogP contribution in [0, 0.1) is 6.92 Å². The van der Waals surface area contributed by atoms with Gasteiger partial charge in [-0.2, -0.15) is 5.10 Å². The highest BCUT2D eigenvalue weighted by atomic mass is 16.2. The minimum Gasteiger partial charge on any atom is -0.305 e. The van der Waals surface area contributed by atoms with Crippen LogP contribution < -0.4 is 4.90 Å². The number of H-pyrrole nitrogens is 1. The maximum absolute atomic E-state index is 12.6. The van der Waals surface area contributed by atoms with Gasteiger partial charge < -0.3 is 4.90 Å². The van der Waals surface area contributed by atoms with Gasteiger partial charge in [0.2, 0.25) is 0 Å². The Labute approximate surface area is 106 Å². The Morgan fingerprint density at radius 1 is 1.44 bits per heavy atom. The molecule has 1 atom stereocenters. The maximum Gasteiger partial charge on any atom is 0.261 e. The molecule has 0 radical (unpaired) electrons. The lowest BCUT2D eigenvalue weighted by atomic mass is 10.1. The molecule has 1 aromatic heterocycles. The summed E-state index contributed by atoms with van der Waals surface area (Å²) in [7, 11) is 0. The van der Waals surface area contributed by atoms with Crippen LogP contribution in [0.2, 0.25) is 0 Å². The van der Waals surface area contributed by atoms with Gasteiger partial charge in [0.15, 0.2) is 0 Å². The number of rotatable bonds is 1. The summed E-state index contributed by atoms with van der Waals surface area (Å²) < 4.78 is 0. The Morgan fingerprint density at radius 2 is 2.22 bits per heavy atom. The molecule has 1 aliphatic heterocycles. The summed E-state index contributed by atoms with van der Waals surface area (Å²) >= 11 is 0. The first-order chi connectivity index (χ1) is 8.68. The molecular weight excluding hydrogens is 226 g/mol. The van der Waals surface area contributed by atoms with E-state index in [1.165, 1.54) is 5.56 Å². The van der Waals surface area contributed by atoms with Crippen LogP contribution >= 0.6 is 0 Å². The smallest absolute Gasteiger partial charge is 0.261 e. The van der Waals surface area contributed by atoms with Gasteiger partial charge in [0.1, 0.15) is 0 Å². The molecule has 0 fully saturated rings. The third-order valence-corrected chi connectivity index (χ3v) is 3.49. The Hall–Kier alpha value is -2.10. The average Bonchev–Trinajstić information content (AvgIpc) is 2.91. The number of nitrogens with one attached hydrogen (secondary N) is 1. The fourth-order valence-corrected chi connectivity index (χ4v) is 2.57. The van der Waals surface area contributed by atoms with Crippen LogP contribution in [0.5, 0.6) is 0 Å². The van der Waals surface area contributed by atoms with E-state index in [4.69, 9.17) is 0 Å². The van der Waals surface area contributed by atoms with Crippen molar-refractivity contribution in [3.63, 3.8) is 0 Å². The highest BCUT2D eigenvalue weighted by Gasteiger charge is 2.32. The second kappa shape index (κ2) is 3.98. The quantitative estimate of drug-likeness (QED) is 0.832. The van der Waals surface area contributed by atoms with E-state index in [-0.39, 0.29) is 11.9 Å². The van der Waals surface area contributed by atoms with Crippen molar-refractivity contribution in [2.75, 3.05) is 4.90 Å². The number of aromatic amines is 1. The zero-order valence-corrected chi connectivity index (χ0v) is 10.5. The van der Waals surface area contributed by atoms with Gasteiger partial charge in [-0.25, -0.2) is 0 Å². The third-order valence-electron chi connectivity index (χ3n) is 3.49. The predicted octanol–water partition coefficient (Wildman–Crippen LogP) is 2.31. The first kappa shape index (κ1) is 11.0. The number of benzene rings is 1. The largest absolute Gasteiger partial charge is 0.305 e. The summed E-state index contributed by atoms with van der Waals surface area (Å²) in [6.07, 6.45) is 2.52. The molecule has 18 heavy (non-hydrogen) atoms. The highest BCUT2D eigenvalue weighted by Crippen LogP contribution is 2.33. The van der Waals surface area contributed by atoms with Gasteiger partial charge >= 0.3 is 0 Å². The second-order valence-corrected chi connectivity index (χ2v) is 4.77. The average molecular weight is 241 g/mol. The first-order valence-electron chi connectivity index (χ1n) is 6.10. The second-order valence-electron chi connectivity index (χ2n) is 4.77. The molecule has 2 heterocycles. The highest BCUT2D eigenvalue weighted by molar-refractivity contribution is 6.08. The zero-order chi connectivity index (χ0) is 12.7. The fraction of sp³-hybridized carbons (Fsp3) is 0.286. The molecule has 92 valence electrons. The molecule has 0 aliphatic carbocycles. The summed E-state index contributed by atoms with van der Waals surface area (Å²) in [4.78, 5) is 14.4. The number of para-hydroxylation sites is 1. The van der Waals surface area contributed by atoms with Crippen LogP contribution in [0.4, 0.5) is 5.69 Å². The van der Waals surface area contributed by atoms with Crippen LogP contribution in [0.1, 0.15) is 28.5 Å². The number of fused-ring (bicyclic) bond motifs is 1. The lowest BCUT2D eigenvalue weighted by Crippen LogP contribution is -2.35. The Morgan fingerprint density at radius 3 is 2.94 bits per heavy atom. The molecule has 0 saturated heterocycles. The third kappa shape index (κ3) is 1.53. The Balaban J connectivity index is 2.03. The molecule has 1 unspecified atom stereocenters. The number of carbonyl (C=O) groups excluding carboxylic acids is 1. The summed E-state index contributed by atoms with van der Waals surface area (Å²) in [6, 6.07) is 8.28. The van der Waals surface area contributed by atoms with Crippen molar-refractivity contribution in [3.8, 4) is 0 Å². The van der Waals surface area contributed by atoms with Crippen molar-refractivity contribution in [1.82, 2.24) is 10.2 Å². The van der Waals surface area contributed by atoms with E-state index >= 15 is 0 Å². The van der Waals surface area contributed by atoms with Gasteiger partial charge in [0.05, 0.1) is 11.8 Å². The topological polar surface area (TPSA) is 49.0 Å². The molecule has 4 heteroatoms. The van der Waals surface area contributed by atoms with Crippen molar-refractivity contribution in [2.24, 2.45) is 0 Å². The van der Waals surface area contributed by atoms with Gasteiger partial charge in [0, 0.05) is 17.4 Å². The van der Waals surface area contributed by atoms with E-state index in [0.717, 1.165) is 17.8 Å². The molecule has 0 saturated carbocycles. The van der Waals surface area contributed by atoms with E-state index in [1.54, 1.807) is 6.20 Å². The number of amides is 1. The van der Waals surface area contributed by atoms with Crippen LogP contribution in [-0.4, -0.2) is 22.1 Å². The number of aryl methyl sites for hydroxylation is 1. The minimum atomic E-state index is 0.0266. The van der Waals surface area contributed by atoms with E-state index in [9.17, 15) is 4.79 Å². The van der Waals surface area contributed by atoms with Gasteiger partial charge in [-0.15, -0.1) is 0 Å². The van der Waals surface area contributed by atoms with Crippen LogP contribution in [0.25, 0.3) is 0 Å². The molecule has 1 N–H and O–H groups in total. The maximum atomic E-state index is 12.6. The van der Waals surface area contributed by atoms with E-state index in [2.05, 4.69) is 23.2 Å². The van der Waals surface area contributed by atoms with Crippen molar-refractivity contribution in [2.45, 2.75) is 26.3 Å². The zero-order valence-electron chi connectivity index (χ0n) is 10.5. The molecule has 1 amide bonds. The van der Waals surface area contributed by atoms with Crippen molar-refractivity contribution in [3.05, 3.63) is 47.3 Å². The number of hydrogen-bond donors (Lipinski definition) is 1. The van der Waals surface area contributed by atoms with Gasteiger partial charge in [-0.1, -0.05) is 18.2 Å². The number of carbonyl (C=O) groups is 1. The van der Waals surface area contributed by atoms with Crippen LogP contribution in [0.15, 0.2) is 30.5 Å². The van der Waals surface area contributed by atoms with Crippen LogP contribution in [-0.2, 0) is 6.42 Å². The van der Waals surface area contributed by atoms with Crippen LogP contribution in [0.3, 0.4) is 0 Å². The SMILES string of the molecule is Cc1[nH]ncc1C(=O)N1c2ccccc2CC1C. The molecule has 0 bridgehead atoms. The molecule has 0 spiro atoms. The molecule has 1 aromatic carbocycles. The van der Waals surface area contributed by atoms with Crippen molar-refractivity contribution >= 4 is 11.6 Å². The molecule has 2 aromatic rings. The van der Waals surface area contributed by atoms with E-state index in [1.807, 2.05) is 30.0 Å². The molecular formula is C14H15N3O. The van der Waals surface area contributed by atoms with Crippen molar-refractivity contribution < 1.29 is 4.79 Å². The monoisotopic (exact) mass is 241 g/mol. The predicted molar refractivity (Wildman–Crippen MR) is 69.7 cm³/mol. The van der Waals surface area contributed by atoms with E-state index < -0.39 is 0 Å². The molecule has 3 rings (SSSR count). The van der Waals surface area contributed by atoms with Gasteiger partial charge in [-0.05, 0) is 31.9 Å². The summed E-state index contributed by atoms with van der Waals surface area (Å²) in [5, 5.41) is 6.74. The standard InChI is InChI=1S/C14H15N3O/c1-9-7-11-5-3-4-6-13(11)17(9)14(18)12-8-15-16-10(12)2/h3-6,8-9H,7H2,1-2H3,(H,15,16). The number of anilines is 1. The Kier molecular flexibility index (Phi) is 2.44. The number of nitrogens with zero attached hydrogens (tertiary/aromatic N) is 2.